The number of rotatable bonds is 8. The molecule has 0 aromatic heterocycles. The van der Waals surface area contributed by atoms with Crippen molar-refractivity contribution in [2.75, 3.05) is 6.16 Å². The van der Waals surface area contributed by atoms with Crippen molar-refractivity contribution in [1.29, 1.82) is 0 Å². The molecule has 0 aliphatic carbocycles. The molecule has 0 amide bonds. The average Bonchev–Trinajstić information content (AvgIpc) is 2.64. The van der Waals surface area contributed by atoms with Gasteiger partial charge in [0.1, 0.15) is 22.4 Å². The zero-order valence-corrected chi connectivity index (χ0v) is 18.2. The summed E-state index contributed by atoms with van der Waals surface area (Å²) in [5.41, 5.74) is 1.71. The third-order valence-electron chi connectivity index (χ3n) is 4.06. The van der Waals surface area contributed by atoms with Crippen LogP contribution in [0.5, 0.6) is 0 Å². The first kappa shape index (κ1) is 23.0. The van der Waals surface area contributed by atoms with Crippen LogP contribution in [0, 0.1) is 11.6 Å². The van der Waals surface area contributed by atoms with Crippen LogP contribution in [0.15, 0.2) is 42.5 Å². The molecule has 3 atom stereocenters. The zero-order chi connectivity index (χ0) is 20.9. The summed E-state index contributed by atoms with van der Waals surface area (Å²) in [7, 11) is -2.02. The number of hydrogen-bond acceptors (Lipinski definition) is 4. The fourth-order valence-corrected chi connectivity index (χ4v) is 3.77. The van der Waals surface area contributed by atoms with Gasteiger partial charge < -0.3 is 9.08 Å². The van der Waals surface area contributed by atoms with Gasteiger partial charge in [-0.3, -0.25) is 4.57 Å². The lowest BCUT2D eigenvalue weighted by atomic mass is 9.98. The molecule has 0 aliphatic heterocycles. The van der Waals surface area contributed by atoms with Crippen molar-refractivity contribution in [3.63, 3.8) is 0 Å². The van der Waals surface area contributed by atoms with Gasteiger partial charge in [0.05, 0.1) is 6.61 Å². The van der Waals surface area contributed by atoms with Crippen molar-refractivity contribution in [2.24, 2.45) is 0 Å². The molecule has 4 nitrogen and oxygen atoms in total. The van der Waals surface area contributed by atoms with E-state index in [2.05, 4.69) is 4.72 Å². The van der Waals surface area contributed by atoms with E-state index in [0.717, 1.165) is 11.6 Å². The largest absolute Gasteiger partial charge is 0.598 e. The summed E-state index contributed by atoms with van der Waals surface area (Å²) in [4.78, 5) is 0. The molecule has 28 heavy (non-hydrogen) atoms. The Morgan fingerprint density at radius 2 is 1.82 bits per heavy atom. The topological polar surface area (TPSA) is 61.4 Å². The molecule has 2 aromatic carbocycles. The number of halogens is 2. The molecule has 2 rings (SSSR count). The second kappa shape index (κ2) is 9.99. The summed E-state index contributed by atoms with van der Waals surface area (Å²) in [6.07, 6.45) is 0.483. The second-order valence-electron chi connectivity index (χ2n) is 7.35. The third kappa shape index (κ3) is 6.39. The molecule has 0 aliphatic rings. The summed E-state index contributed by atoms with van der Waals surface area (Å²) in [6, 6.07) is 9.74. The fourth-order valence-electron chi connectivity index (χ4n) is 2.40. The van der Waals surface area contributed by atoms with Crippen LogP contribution in [0.4, 0.5) is 8.78 Å². The lowest BCUT2D eigenvalue weighted by Crippen LogP contribution is -2.41. The Bertz CT molecular complexity index is 812. The van der Waals surface area contributed by atoms with Crippen LogP contribution in [-0.2, 0) is 27.1 Å². The summed E-state index contributed by atoms with van der Waals surface area (Å²) >= 11 is -1.47. The fraction of sp³-hybridized carbons (Fsp3) is 0.400. The molecule has 0 radical (unpaired) electrons. The van der Waals surface area contributed by atoms with Crippen LogP contribution in [0.3, 0.4) is 0 Å². The van der Waals surface area contributed by atoms with Crippen molar-refractivity contribution >= 4 is 19.4 Å². The Morgan fingerprint density at radius 3 is 2.36 bits per heavy atom. The molecular weight excluding hydrogens is 403 g/mol. The SMILES string of the molecule is CC[PH](=O)OCc1ccc([C@@H](N[S+]([O-])C(C)(C)C)c2ccc(F)cc2F)cc1. The Balaban J connectivity index is 2.31. The van der Waals surface area contributed by atoms with Gasteiger partial charge in [-0.2, -0.15) is 0 Å². The zero-order valence-electron chi connectivity index (χ0n) is 16.4. The predicted octanol–water partition coefficient (Wildman–Crippen LogP) is 5.12. The highest BCUT2D eigenvalue weighted by Crippen LogP contribution is 2.29. The molecule has 0 fully saturated rings. The van der Waals surface area contributed by atoms with Crippen molar-refractivity contribution in [2.45, 2.75) is 45.1 Å². The van der Waals surface area contributed by atoms with E-state index in [4.69, 9.17) is 4.52 Å². The van der Waals surface area contributed by atoms with Gasteiger partial charge in [0.2, 0.25) is 0 Å². The lowest BCUT2D eigenvalue weighted by Gasteiger charge is -2.28. The summed E-state index contributed by atoms with van der Waals surface area (Å²) in [6.45, 7) is 7.45. The minimum absolute atomic E-state index is 0.207. The highest BCUT2D eigenvalue weighted by molar-refractivity contribution is 7.90. The van der Waals surface area contributed by atoms with Gasteiger partial charge in [-0.1, -0.05) is 37.3 Å². The smallest absolute Gasteiger partial charge is 0.191 e. The number of hydrogen-bond donors (Lipinski definition) is 1. The molecular formula is C20H26F2NO3PS. The minimum Gasteiger partial charge on any atom is -0.598 e. The van der Waals surface area contributed by atoms with Crippen LogP contribution in [-0.4, -0.2) is 15.5 Å². The van der Waals surface area contributed by atoms with Gasteiger partial charge in [-0.25, -0.2) is 8.78 Å². The molecule has 154 valence electrons. The van der Waals surface area contributed by atoms with Crippen molar-refractivity contribution in [1.82, 2.24) is 4.72 Å². The number of nitrogens with one attached hydrogen (secondary N) is 1. The van der Waals surface area contributed by atoms with Crippen molar-refractivity contribution in [3.05, 3.63) is 70.8 Å². The van der Waals surface area contributed by atoms with Gasteiger partial charge in [-0.15, -0.1) is 4.72 Å². The standard InChI is InChI=1S/C20H26F2NO3PS/c1-5-27(24)26-13-14-6-8-15(9-7-14)19(23-28(25)20(2,3)4)17-11-10-16(21)12-18(17)22/h6-12,19,23,27H,5,13H2,1-4H3/t19-,28?/m1/s1. The Labute approximate surface area is 168 Å². The lowest BCUT2D eigenvalue weighted by molar-refractivity contribution is 0.319. The Hall–Kier alpha value is -1.24. The first-order chi connectivity index (χ1) is 13.1. The maximum Gasteiger partial charge on any atom is 0.191 e. The van der Waals surface area contributed by atoms with Crippen LogP contribution in [0.2, 0.25) is 0 Å². The van der Waals surface area contributed by atoms with E-state index >= 15 is 0 Å². The molecule has 2 aromatic rings. The molecule has 0 bridgehead atoms. The summed E-state index contributed by atoms with van der Waals surface area (Å²) < 4.78 is 59.6. The van der Waals surface area contributed by atoms with E-state index in [1.165, 1.54) is 12.1 Å². The van der Waals surface area contributed by atoms with E-state index in [1.54, 1.807) is 31.2 Å². The molecule has 2 unspecified atom stereocenters. The molecule has 0 spiro atoms. The summed E-state index contributed by atoms with van der Waals surface area (Å²) in [5, 5.41) is 0. The van der Waals surface area contributed by atoms with Gasteiger partial charge in [0, 0.05) is 29.2 Å². The van der Waals surface area contributed by atoms with E-state index < -0.39 is 41.8 Å². The molecule has 0 saturated carbocycles. The van der Waals surface area contributed by atoms with Crippen LogP contribution in [0.25, 0.3) is 0 Å². The summed E-state index contributed by atoms with van der Waals surface area (Å²) in [5.74, 6) is -1.38. The van der Waals surface area contributed by atoms with E-state index in [9.17, 15) is 17.9 Å². The quantitative estimate of drug-likeness (QED) is 0.468. The van der Waals surface area contributed by atoms with Gasteiger partial charge in [0.25, 0.3) is 0 Å². The van der Waals surface area contributed by atoms with Gasteiger partial charge in [0.15, 0.2) is 8.03 Å². The second-order valence-corrected chi connectivity index (χ2v) is 11.1. The first-order valence-electron chi connectivity index (χ1n) is 8.99. The molecule has 0 heterocycles. The first-order valence-corrected chi connectivity index (χ1v) is 11.7. The molecule has 8 heteroatoms. The Kier molecular flexibility index (Phi) is 8.22. The van der Waals surface area contributed by atoms with Gasteiger partial charge >= 0.3 is 0 Å². The third-order valence-corrected chi connectivity index (χ3v) is 6.66. The minimum atomic E-state index is -2.02. The highest BCUT2D eigenvalue weighted by atomic mass is 32.2. The van der Waals surface area contributed by atoms with Crippen molar-refractivity contribution in [3.8, 4) is 0 Å². The average molecular weight is 429 g/mol. The molecule has 1 N–H and O–H groups in total. The monoisotopic (exact) mass is 429 g/mol. The maximum absolute atomic E-state index is 14.4. The van der Waals surface area contributed by atoms with E-state index in [0.29, 0.717) is 11.7 Å². The maximum atomic E-state index is 14.4. The van der Waals surface area contributed by atoms with Crippen molar-refractivity contribution < 1.29 is 22.4 Å². The predicted molar refractivity (Wildman–Crippen MR) is 110 cm³/mol. The highest BCUT2D eigenvalue weighted by Gasteiger charge is 2.31. The normalized spacial score (nSPS) is 15.2. The number of benzene rings is 2. The van der Waals surface area contributed by atoms with Crippen LogP contribution >= 0.6 is 8.03 Å². The van der Waals surface area contributed by atoms with Gasteiger partial charge in [-0.05, 0) is 38.0 Å². The molecule has 0 saturated heterocycles. The van der Waals surface area contributed by atoms with Crippen LogP contribution < -0.4 is 4.72 Å². The van der Waals surface area contributed by atoms with Crippen LogP contribution in [0.1, 0.15) is 50.4 Å². The Morgan fingerprint density at radius 1 is 1.18 bits per heavy atom. The van der Waals surface area contributed by atoms with E-state index in [1.807, 2.05) is 20.8 Å². The van der Waals surface area contributed by atoms with E-state index in [-0.39, 0.29) is 12.2 Å².